The Bertz CT molecular complexity index is 959. The van der Waals surface area contributed by atoms with Crippen LogP contribution in [0.1, 0.15) is 0 Å². The minimum Gasteiger partial charge on any atom is -0.348 e. The molecule has 0 aliphatic rings. The maximum Gasteiger partial charge on any atom is 0.296 e. The minimum atomic E-state index is -4.41. The molecule has 0 bridgehead atoms. The van der Waals surface area contributed by atoms with Crippen LogP contribution in [0.2, 0.25) is 0 Å². The summed E-state index contributed by atoms with van der Waals surface area (Å²) < 4.78 is 31.9. The van der Waals surface area contributed by atoms with Gasteiger partial charge in [0.1, 0.15) is 10.4 Å². The highest BCUT2D eigenvalue weighted by Crippen LogP contribution is 2.33. The van der Waals surface area contributed by atoms with Gasteiger partial charge in [0, 0.05) is 16.8 Å². The fourth-order valence-electron chi connectivity index (χ4n) is 2.27. The van der Waals surface area contributed by atoms with Crippen molar-refractivity contribution in [3.63, 3.8) is 0 Å². The quantitative estimate of drug-likeness (QED) is 0.428. The van der Waals surface area contributed by atoms with Crippen molar-refractivity contribution in [3.8, 4) is 0 Å². The van der Waals surface area contributed by atoms with Crippen LogP contribution < -0.4 is 0 Å². The van der Waals surface area contributed by atoms with E-state index in [-0.39, 0.29) is 21.6 Å². The van der Waals surface area contributed by atoms with Crippen LogP contribution in [0.15, 0.2) is 41.3 Å². The molecule has 0 fully saturated rings. The summed E-state index contributed by atoms with van der Waals surface area (Å²) in [7, 11) is -4.41. The molecule has 102 valence electrons. The summed E-state index contributed by atoms with van der Waals surface area (Å²) in [6, 6.07) is 8.83. The van der Waals surface area contributed by atoms with Crippen molar-refractivity contribution in [1.29, 1.82) is 0 Å². The molecule has 3 aromatic rings. The standard InChI is InChI=1S/C12H8N2O5S/c15-14(16)9-5-1-3-7-8-4-2-6-10(20(17,18)19)12(8)13-11(7)9/h1-6,13H,(H,17,18,19). The van der Waals surface area contributed by atoms with E-state index in [9.17, 15) is 23.1 Å². The second kappa shape index (κ2) is 4.02. The zero-order chi connectivity index (χ0) is 14.5. The lowest BCUT2D eigenvalue weighted by molar-refractivity contribution is -0.383. The van der Waals surface area contributed by atoms with Crippen molar-refractivity contribution < 1.29 is 17.9 Å². The van der Waals surface area contributed by atoms with Gasteiger partial charge in [-0.15, -0.1) is 0 Å². The van der Waals surface area contributed by atoms with Gasteiger partial charge in [0.25, 0.3) is 15.8 Å². The Morgan fingerprint density at radius 1 is 1.05 bits per heavy atom. The summed E-state index contributed by atoms with van der Waals surface area (Å²) in [6.07, 6.45) is 0. The number of nitro benzene ring substituents is 1. The zero-order valence-corrected chi connectivity index (χ0v) is 10.7. The number of rotatable bonds is 2. The van der Waals surface area contributed by atoms with Gasteiger partial charge >= 0.3 is 0 Å². The highest BCUT2D eigenvalue weighted by molar-refractivity contribution is 7.86. The molecule has 7 nitrogen and oxygen atoms in total. The Balaban J connectivity index is 2.55. The van der Waals surface area contributed by atoms with Gasteiger partial charge in [-0.3, -0.25) is 14.7 Å². The first-order chi connectivity index (χ1) is 9.39. The van der Waals surface area contributed by atoms with Gasteiger partial charge in [0.05, 0.1) is 10.4 Å². The van der Waals surface area contributed by atoms with Crippen molar-refractivity contribution in [2.75, 3.05) is 0 Å². The average Bonchev–Trinajstić information content (AvgIpc) is 2.75. The van der Waals surface area contributed by atoms with E-state index in [1.807, 2.05) is 0 Å². The summed E-state index contributed by atoms with van der Waals surface area (Å²) in [6.45, 7) is 0. The number of nitro groups is 1. The first kappa shape index (κ1) is 12.6. The number of hydrogen-bond acceptors (Lipinski definition) is 4. The topological polar surface area (TPSA) is 113 Å². The molecule has 0 atom stereocenters. The van der Waals surface area contributed by atoms with Crippen molar-refractivity contribution in [3.05, 3.63) is 46.5 Å². The summed E-state index contributed by atoms with van der Waals surface area (Å²) in [5, 5.41) is 12.0. The van der Waals surface area contributed by atoms with Crippen molar-refractivity contribution in [1.82, 2.24) is 4.98 Å². The number of aromatic amines is 1. The fourth-order valence-corrected chi connectivity index (χ4v) is 2.94. The van der Waals surface area contributed by atoms with E-state index < -0.39 is 15.0 Å². The fraction of sp³-hybridized carbons (Fsp3) is 0. The van der Waals surface area contributed by atoms with Gasteiger partial charge in [0.15, 0.2) is 0 Å². The molecule has 3 rings (SSSR count). The van der Waals surface area contributed by atoms with Crippen LogP contribution in [-0.2, 0) is 10.1 Å². The van der Waals surface area contributed by atoms with E-state index in [0.29, 0.717) is 10.8 Å². The Hall–Kier alpha value is -2.45. The molecule has 0 amide bonds. The third-order valence-electron chi connectivity index (χ3n) is 3.08. The molecule has 8 heteroatoms. The van der Waals surface area contributed by atoms with Gasteiger partial charge < -0.3 is 4.98 Å². The Kier molecular flexibility index (Phi) is 2.53. The predicted octanol–water partition coefficient (Wildman–Crippen LogP) is 2.48. The van der Waals surface area contributed by atoms with E-state index >= 15 is 0 Å². The Labute approximate surface area is 112 Å². The van der Waals surface area contributed by atoms with E-state index in [2.05, 4.69) is 4.98 Å². The number of nitrogens with zero attached hydrogens (tertiary/aromatic N) is 1. The molecule has 1 heterocycles. The predicted molar refractivity (Wildman–Crippen MR) is 72.3 cm³/mol. The van der Waals surface area contributed by atoms with Gasteiger partial charge in [-0.05, 0) is 6.07 Å². The molecule has 0 aliphatic heterocycles. The molecule has 0 aliphatic carbocycles. The first-order valence-corrected chi connectivity index (χ1v) is 6.99. The largest absolute Gasteiger partial charge is 0.348 e. The number of nitrogens with one attached hydrogen (secondary N) is 1. The second-order valence-electron chi connectivity index (χ2n) is 4.24. The van der Waals surface area contributed by atoms with E-state index in [0.717, 1.165) is 0 Å². The lowest BCUT2D eigenvalue weighted by Gasteiger charge is -1.98. The number of benzene rings is 2. The maximum atomic E-state index is 11.3. The number of fused-ring (bicyclic) bond motifs is 3. The molecule has 2 N–H and O–H groups in total. The van der Waals surface area contributed by atoms with Crippen LogP contribution in [0.3, 0.4) is 0 Å². The molecule has 0 saturated carbocycles. The third-order valence-corrected chi connectivity index (χ3v) is 3.98. The van der Waals surface area contributed by atoms with Gasteiger partial charge in [-0.25, -0.2) is 0 Å². The Morgan fingerprint density at radius 2 is 1.65 bits per heavy atom. The van der Waals surface area contributed by atoms with Crippen LogP contribution in [-0.4, -0.2) is 22.9 Å². The maximum absolute atomic E-state index is 11.3. The normalized spacial score (nSPS) is 12.1. The molecule has 20 heavy (non-hydrogen) atoms. The average molecular weight is 292 g/mol. The SMILES string of the molecule is O=[N+]([O-])c1cccc2c1[nH]c1c(S(=O)(=O)O)cccc12. The van der Waals surface area contributed by atoms with Crippen LogP contribution in [0.25, 0.3) is 21.8 Å². The van der Waals surface area contributed by atoms with E-state index in [1.54, 1.807) is 12.1 Å². The number of hydrogen-bond donors (Lipinski definition) is 2. The van der Waals surface area contributed by atoms with Crippen LogP contribution >= 0.6 is 0 Å². The van der Waals surface area contributed by atoms with E-state index in [1.165, 1.54) is 24.3 Å². The van der Waals surface area contributed by atoms with Gasteiger partial charge in [0.2, 0.25) is 0 Å². The van der Waals surface area contributed by atoms with Crippen molar-refractivity contribution >= 4 is 37.6 Å². The number of aromatic nitrogens is 1. The first-order valence-electron chi connectivity index (χ1n) is 5.55. The van der Waals surface area contributed by atoms with Crippen molar-refractivity contribution in [2.24, 2.45) is 0 Å². The lowest BCUT2D eigenvalue weighted by Crippen LogP contribution is -1.98. The number of non-ortho nitro benzene ring substituents is 1. The van der Waals surface area contributed by atoms with E-state index in [4.69, 9.17) is 0 Å². The lowest BCUT2D eigenvalue weighted by atomic mass is 10.1. The van der Waals surface area contributed by atoms with Gasteiger partial charge in [-0.1, -0.05) is 24.3 Å². The molecule has 2 aromatic carbocycles. The highest BCUT2D eigenvalue weighted by atomic mass is 32.2. The minimum absolute atomic E-state index is 0.152. The number of H-pyrrole nitrogens is 1. The smallest absolute Gasteiger partial charge is 0.296 e. The molecule has 0 unspecified atom stereocenters. The van der Waals surface area contributed by atoms with Gasteiger partial charge in [-0.2, -0.15) is 8.42 Å². The zero-order valence-electron chi connectivity index (χ0n) is 9.90. The molecule has 0 radical (unpaired) electrons. The van der Waals surface area contributed by atoms with Crippen LogP contribution in [0.4, 0.5) is 5.69 Å². The summed E-state index contributed by atoms with van der Waals surface area (Å²) in [5.74, 6) is 0. The van der Waals surface area contributed by atoms with Crippen LogP contribution in [0, 0.1) is 10.1 Å². The molecular weight excluding hydrogens is 284 g/mol. The number of para-hydroxylation sites is 2. The molecular formula is C12H8N2O5S. The molecule has 0 saturated heterocycles. The summed E-state index contributed by atoms with van der Waals surface area (Å²) >= 11 is 0. The summed E-state index contributed by atoms with van der Waals surface area (Å²) in [5.41, 5.74) is 0.225. The molecule has 1 aromatic heterocycles. The Morgan fingerprint density at radius 3 is 2.25 bits per heavy atom. The third kappa shape index (κ3) is 1.74. The second-order valence-corrected chi connectivity index (χ2v) is 5.63. The monoisotopic (exact) mass is 292 g/mol. The highest BCUT2D eigenvalue weighted by Gasteiger charge is 2.20. The van der Waals surface area contributed by atoms with Crippen LogP contribution in [0.5, 0.6) is 0 Å². The summed E-state index contributed by atoms with van der Waals surface area (Å²) in [4.78, 5) is 12.9. The molecule has 0 spiro atoms. The van der Waals surface area contributed by atoms with Crippen molar-refractivity contribution in [2.45, 2.75) is 4.90 Å².